The molecule has 1 unspecified atom stereocenters. The third-order valence-corrected chi connectivity index (χ3v) is 2.58. The molecule has 0 N–H and O–H groups in total. The number of nitrogens with zero attached hydrogens (tertiary/aromatic N) is 2. The number of hydrogen-bond donors (Lipinski definition) is 0. The number of rotatable bonds is 2. The second-order valence-electron chi connectivity index (χ2n) is 3.73. The van der Waals surface area contributed by atoms with Crippen LogP contribution in [0.5, 0.6) is 0 Å². The van der Waals surface area contributed by atoms with Gasteiger partial charge in [-0.05, 0) is 13.3 Å². The average Bonchev–Trinajstić information content (AvgIpc) is 2.73. The Labute approximate surface area is 82.9 Å². The highest BCUT2D eigenvalue weighted by Gasteiger charge is 2.26. The highest BCUT2D eigenvalue weighted by molar-refractivity contribution is 5.98. The van der Waals surface area contributed by atoms with E-state index in [0.29, 0.717) is 13.2 Å². The van der Waals surface area contributed by atoms with Crippen LogP contribution in [0.25, 0.3) is 0 Å². The molecule has 76 valence electrons. The van der Waals surface area contributed by atoms with E-state index in [2.05, 4.69) is 5.10 Å². The minimum Gasteiger partial charge on any atom is -0.381 e. The van der Waals surface area contributed by atoms with E-state index in [-0.39, 0.29) is 11.7 Å². The molecule has 0 aliphatic carbocycles. The fourth-order valence-corrected chi connectivity index (χ4v) is 1.80. The van der Waals surface area contributed by atoms with Crippen LogP contribution >= 0.6 is 0 Å². The van der Waals surface area contributed by atoms with Crippen molar-refractivity contribution in [2.24, 2.45) is 13.0 Å². The zero-order chi connectivity index (χ0) is 10.1. The zero-order valence-corrected chi connectivity index (χ0v) is 8.49. The molecular weight excluding hydrogens is 180 g/mol. The van der Waals surface area contributed by atoms with E-state index in [9.17, 15) is 4.79 Å². The molecule has 1 aromatic heterocycles. The first-order valence-electron chi connectivity index (χ1n) is 4.80. The van der Waals surface area contributed by atoms with Crippen LogP contribution in [-0.4, -0.2) is 28.8 Å². The molecule has 0 aromatic carbocycles. The van der Waals surface area contributed by atoms with Gasteiger partial charge in [-0.2, -0.15) is 5.10 Å². The maximum absolute atomic E-state index is 11.9. The quantitative estimate of drug-likeness (QED) is 0.658. The van der Waals surface area contributed by atoms with Crippen molar-refractivity contribution in [2.45, 2.75) is 13.3 Å². The van der Waals surface area contributed by atoms with Crippen LogP contribution in [0.1, 0.15) is 22.5 Å². The lowest BCUT2D eigenvalue weighted by atomic mass is 9.98. The molecule has 0 bridgehead atoms. The van der Waals surface area contributed by atoms with Gasteiger partial charge in [0.25, 0.3) is 0 Å². The van der Waals surface area contributed by atoms with E-state index in [4.69, 9.17) is 4.74 Å². The minimum atomic E-state index is 0.0397. The highest BCUT2D eigenvalue weighted by atomic mass is 16.5. The van der Waals surface area contributed by atoms with Crippen molar-refractivity contribution in [3.05, 3.63) is 17.5 Å². The lowest BCUT2D eigenvalue weighted by molar-refractivity contribution is 0.0899. The van der Waals surface area contributed by atoms with Gasteiger partial charge in [-0.1, -0.05) is 0 Å². The van der Waals surface area contributed by atoms with E-state index in [1.807, 2.05) is 14.0 Å². The molecular formula is C10H14N2O2. The molecule has 1 fully saturated rings. The maximum atomic E-state index is 11.9. The monoisotopic (exact) mass is 194 g/mol. The van der Waals surface area contributed by atoms with Crippen LogP contribution < -0.4 is 0 Å². The van der Waals surface area contributed by atoms with Crippen LogP contribution in [0.4, 0.5) is 0 Å². The number of aromatic nitrogens is 2. The average molecular weight is 194 g/mol. The summed E-state index contributed by atoms with van der Waals surface area (Å²) in [6.45, 7) is 3.13. The van der Waals surface area contributed by atoms with Gasteiger partial charge in [0.05, 0.1) is 17.9 Å². The Hall–Kier alpha value is -1.16. The molecule has 1 aliphatic heterocycles. The smallest absolute Gasteiger partial charge is 0.171 e. The second kappa shape index (κ2) is 3.53. The number of ketones is 1. The van der Waals surface area contributed by atoms with Gasteiger partial charge in [0.15, 0.2) is 5.78 Å². The molecule has 0 spiro atoms. The van der Waals surface area contributed by atoms with Gasteiger partial charge in [0.1, 0.15) is 0 Å². The van der Waals surface area contributed by atoms with E-state index in [0.717, 1.165) is 17.7 Å². The largest absolute Gasteiger partial charge is 0.381 e. The van der Waals surface area contributed by atoms with E-state index >= 15 is 0 Å². The lowest BCUT2D eigenvalue weighted by Crippen LogP contribution is -2.14. The molecule has 4 heteroatoms. The molecule has 1 aliphatic rings. The van der Waals surface area contributed by atoms with Crippen LogP contribution in [0.15, 0.2) is 6.20 Å². The SMILES string of the molecule is Cc1nn(C)cc1C(=O)C1CCOC1. The molecule has 1 aromatic rings. The summed E-state index contributed by atoms with van der Waals surface area (Å²) in [6.07, 6.45) is 2.63. The van der Waals surface area contributed by atoms with Crippen molar-refractivity contribution in [3.63, 3.8) is 0 Å². The zero-order valence-electron chi connectivity index (χ0n) is 8.49. The van der Waals surface area contributed by atoms with Crippen LogP contribution in [0.3, 0.4) is 0 Å². The van der Waals surface area contributed by atoms with Crippen molar-refractivity contribution < 1.29 is 9.53 Å². The Morgan fingerprint density at radius 1 is 1.71 bits per heavy atom. The standard InChI is InChI=1S/C10H14N2O2/c1-7-9(5-12(2)11-7)10(13)8-3-4-14-6-8/h5,8H,3-4,6H2,1-2H3. The summed E-state index contributed by atoms with van der Waals surface area (Å²) in [5.41, 5.74) is 1.55. The molecule has 0 saturated carbocycles. The summed E-state index contributed by atoms with van der Waals surface area (Å²) >= 11 is 0. The van der Waals surface area contributed by atoms with Gasteiger partial charge in [0.2, 0.25) is 0 Å². The number of ether oxygens (including phenoxy) is 1. The highest BCUT2D eigenvalue weighted by Crippen LogP contribution is 2.19. The Bertz CT molecular complexity index is 351. The number of carbonyl (C=O) groups is 1. The topological polar surface area (TPSA) is 44.1 Å². The molecule has 2 rings (SSSR count). The van der Waals surface area contributed by atoms with Crippen molar-refractivity contribution in [1.82, 2.24) is 9.78 Å². The van der Waals surface area contributed by atoms with Gasteiger partial charge in [-0.15, -0.1) is 0 Å². The van der Waals surface area contributed by atoms with E-state index < -0.39 is 0 Å². The molecule has 0 radical (unpaired) electrons. The van der Waals surface area contributed by atoms with Crippen molar-refractivity contribution in [1.29, 1.82) is 0 Å². The number of hydrogen-bond acceptors (Lipinski definition) is 3. The fraction of sp³-hybridized carbons (Fsp3) is 0.600. The predicted molar refractivity (Wildman–Crippen MR) is 51.2 cm³/mol. The molecule has 14 heavy (non-hydrogen) atoms. The van der Waals surface area contributed by atoms with E-state index in [1.165, 1.54) is 0 Å². The normalized spacial score (nSPS) is 21.4. The van der Waals surface area contributed by atoms with Crippen LogP contribution in [0, 0.1) is 12.8 Å². The summed E-state index contributed by atoms with van der Waals surface area (Å²) in [4.78, 5) is 11.9. The molecule has 1 saturated heterocycles. The molecule has 4 nitrogen and oxygen atoms in total. The summed E-state index contributed by atoms with van der Waals surface area (Å²) in [7, 11) is 1.83. The van der Waals surface area contributed by atoms with Gasteiger partial charge < -0.3 is 4.74 Å². The van der Waals surface area contributed by atoms with Gasteiger partial charge >= 0.3 is 0 Å². The summed E-state index contributed by atoms with van der Waals surface area (Å²) in [5, 5.41) is 4.16. The number of Topliss-reactive ketones (excluding diaryl/α,β-unsaturated/α-hetero) is 1. The summed E-state index contributed by atoms with van der Waals surface area (Å²) < 4.78 is 6.88. The number of aryl methyl sites for hydroxylation is 2. The Kier molecular flexibility index (Phi) is 2.37. The first kappa shape index (κ1) is 9.40. The predicted octanol–water partition coefficient (Wildman–Crippen LogP) is 0.948. The van der Waals surface area contributed by atoms with Crippen molar-refractivity contribution >= 4 is 5.78 Å². The number of carbonyl (C=O) groups excluding carboxylic acids is 1. The third kappa shape index (κ3) is 1.57. The first-order chi connectivity index (χ1) is 6.68. The molecule has 2 heterocycles. The van der Waals surface area contributed by atoms with Gasteiger partial charge in [-0.3, -0.25) is 9.48 Å². The van der Waals surface area contributed by atoms with Crippen LogP contribution in [-0.2, 0) is 11.8 Å². The summed E-state index contributed by atoms with van der Waals surface area (Å²) in [6, 6.07) is 0. The Morgan fingerprint density at radius 2 is 2.50 bits per heavy atom. The Morgan fingerprint density at radius 3 is 3.00 bits per heavy atom. The third-order valence-electron chi connectivity index (χ3n) is 2.58. The molecule has 0 amide bonds. The van der Waals surface area contributed by atoms with Gasteiger partial charge in [0, 0.05) is 25.8 Å². The van der Waals surface area contributed by atoms with Gasteiger partial charge in [-0.25, -0.2) is 0 Å². The minimum absolute atomic E-state index is 0.0397. The maximum Gasteiger partial charge on any atom is 0.171 e. The summed E-state index contributed by atoms with van der Waals surface area (Å²) in [5.74, 6) is 0.214. The second-order valence-corrected chi connectivity index (χ2v) is 3.73. The Balaban J connectivity index is 2.21. The first-order valence-corrected chi connectivity index (χ1v) is 4.80. The lowest BCUT2D eigenvalue weighted by Gasteiger charge is -2.03. The molecule has 1 atom stereocenters. The van der Waals surface area contributed by atoms with E-state index in [1.54, 1.807) is 10.9 Å². The van der Waals surface area contributed by atoms with Crippen LogP contribution in [0.2, 0.25) is 0 Å². The van der Waals surface area contributed by atoms with Crippen molar-refractivity contribution in [3.8, 4) is 0 Å². The van der Waals surface area contributed by atoms with Crippen molar-refractivity contribution in [2.75, 3.05) is 13.2 Å². The fourth-order valence-electron chi connectivity index (χ4n) is 1.80.